The Hall–Kier alpha value is -1.38. The van der Waals surface area contributed by atoms with Crippen LogP contribution >= 0.6 is 0 Å². The minimum Gasteiger partial charge on any atom is -0.244 e. The van der Waals surface area contributed by atoms with E-state index >= 15 is 0 Å². The second-order valence-corrected chi connectivity index (χ2v) is 2.09. The zero-order valence-corrected chi connectivity index (χ0v) is 5.32. The maximum atomic E-state index is 4.54. The first kappa shape index (κ1) is 5.41. The van der Waals surface area contributed by atoms with Crippen molar-refractivity contribution < 1.29 is 4.63 Å². The van der Waals surface area contributed by atoms with Gasteiger partial charge < -0.3 is 0 Å². The van der Waals surface area contributed by atoms with Crippen LogP contribution in [0.25, 0.3) is 6.08 Å². The molecule has 10 heavy (non-hydrogen) atoms. The molecule has 0 saturated heterocycles. The van der Waals surface area contributed by atoms with Crippen molar-refractivity contribution in [2.75, 3.05) is 0 Å². The van der Waals surface area contributed by atoms with Gasteiger partial charge in [-0.25, -0.2) is 4.63 Å². The van der Waals surface area contributed by atoms with Crippen molar-refractivity contribution in [2.24, 2.45) is 0 Å². The second kappa shape index (κ2) is 2.10. The monoisotopic (exact) mass is 134 g/mol. The normalized spacial score (nSPS) is 14.8. The molecule has 2 rings (SSSR count). The van der Waals surface area contributed by atoms with E-state index in [0.717, 1.165) is 17.8 Å². The second-order valence-electron chi connectivity index (χ2n) is 2.09. The Morgan fingerprint density at radius 2 is 2.30 bits per heavy atom. The molecule has 0 N–H and O–H groups in total. The Balaban J connectivity index is 2.50. The SMILES string of the molecule is C1=CCc2nonc2C=C1. The van der Waals surface area contributed by atoms with E-state index in [4.69, 9.17) is 0 Å². The van der Waals surface area contributed by atoms with E-state index in [1.165, 1.54) is 0 Å². The van der Waals surface area contributed by atoms with Crippen LogP contribution in [0.1, 0.15) is 11.4 Å². The van der Waals surface area contributed by atoms with Gasteiger partial charge in [-0.05, 0) is 6.08 Å². The third kappa shape index (κ3) is 0.757. The van der Waals surface area contributed by atoms with E-state index in [2.05, 4.69) is 14.9 Å². The van der Waals surface area contributed by atoms with Crippen molar-refractivity contribution in [3.63, 3.8) is 0 Å². The minimum atomic E-state index is 0.811. The van der Waals surface area contributed by atoms with Gasteiger partial charge in [-0.2, -0.15) is 0 Å². The average Bonchev–Trinajstić information content (AvgIpc) is 2.28. The molecule has 3 heteroatoms. The quantitative estimate of drug-likeness (QED) is 0.535. The third-order valence-electron chi connectivity index (χ3n) is 1.40. The molecular formula is C7H6N2O. The first-order valence-corrected chi connectivity index (χ1v) is 3.11. The Bertz CT molecular complexity index is 286. The van der Waals surface area contributed by atoms with Gasteiger partial charge in [0.05, 0.1) is 0 Å². The summed E-state index contributed by atoms with van der Waals surface area (Å²) in [7, 11) is 0. The molecular weight excluding hydrogens is 128 g/mol. The number of aromatic nitrogens is 2. The smallest absolute Gasteiger partial charge is 0.131 e. The highest BCUT2D eigenvalue weighted by atomic mass is 16.6. The van der Waals surface area contributed by atoms with Crippen molar-refractivity contribution in [3.8, 4) is 0 Å². The molecule has 0 aliphatic heterocycles. The zero-order valence-electron chi connectivity index (χ0n) is 5.32. The molecule has 1 aliphatic carbocycles. The van der Waals surface area contributed by atoms with E-state index in [9.17, 15) is 0 Å². The molecule has 3 nitrogen and oxygen atoms in total. The summed E-state index contributed by atoms with van der Waals surface area (Å²) in [4.78, 5) is 0. The fraction of sp³-hybridized carbons (Fsp3) is 0.143. The summed E-state index contributed by atoms with van der Waals surface area (Å²) in [6, 6.07) is 0. The Kier molecular flexibility index (Phi) is 1.13. The van der Waals surface area contributed by atoms with Crippen LogP contribution in [-0.4, -0.2) is 10.3 Å². The van der Waals surface area contributed by atoms with E-state index in [-0.39, 0.29) is 0 Å². The van der Waals surface area contributed by atoms with Gasteiger partial charge in [0.2, 0.25) is 0 Å². The molecule has 1 aromatic heterocycles. The highest BCUT2D eigenvalue weighted by Crippen LogP contribution is 2.09. The van der Waals surface area contributed by atoms with Gasteiger partial charge in [0, 0.05) is 6.42 Å². The van der Waals surface area contributed by atoms with Gasteiger partial charge in [0.15, 0.2) is 0 Å². The summed E-state index contributed by atoms with van der Waals surface area (Å²) in [6.45, 7) is 0. The summed E-state index contributed by atoms with van der Waals surface area (Å²) in [5.41, 5.74) is 1.75. The number of hydrogen-bond acceptors (Lipinski definition) is 3. The Labute approximate surface area is 58.0 Å². The molecule has 0 saturated carbocycles. The zero-order chi connectivity index (χ0) is 6.81. The molecule has 0 spiro atoms. The van der Waals surface area contributed by atoms with Crippen LogP contribution < -0.4 is 0 Å². The van der Waals surface area contributed by atoms with Gasteiger partial charge >= 0.3 is 0 Å². The number of hydrogen-bond donors (Lipinski definition) is 0. The summed E-state index contributed by atoms with van der Waals surface area (Å²) >= 11 is 0. The number of nitrogens with zero attached hydrogens (tertiary/aromatic N) is 2. The predicted octanol–water partition coefficient (Wildman–Crippen LogP) is 1.20. The van der Waals surface area contributed by atoms with Crippen molar-refractivity contribution in [1.29, 1.82) is 0 Å². The van der Waals surface area contributed by atoms with Crippen LogP contribution in [0, 0.1) is 0 Å². The lowest BCUT2D eigenvalue weighted by Gasteiger charge is -1.81. The average molecular weight is 134 g/mol. The Morgan fingerprint density at radius 3 is 3.30 bits per heavy atom. The lowest BCUT2D eigenvalue weighted by atomic mass is 10.2. The number of fused-ring (bicyclic) bond motifs is 1. The van der Waals surface area contributed by atoms with Gasteiger partial charge in [-0.1, -0.05) is 28.5 Å². The third-order valence-corrected chi connectivity index (χ3v) is 1.40. The van der Waals surface area contributed by atoms with Crippen molar-refractivity contribution in [1.82, 2.24) is 10.3 Å². The number of allylic oxidation sites excluding steroid dienone is 3. The van der Waals surface area contributed by atoms with E-state index in [0.29, 0.717) is 0 Å². The van der Waals surface area contributed by atoms with E-state index < -0.39 is 0 Å². The largest absolute Gasteiger partial charge is 0.244 e. The summed E-state index contributed by atoms with van der Waals surface area (Å²) in [5, 5.41) is 7.43. The molecule has 0 aromatic carbocycles. The van der Waals surface area contributed by atoms with Gasteiger partial charge in [0.1, 0.15) is 11.4 Å². The highest BCUT2D eigenvalue weighted by Gasteiger charge is 2.05. The highest BCUT2D eigenvalue weighted by molar-refractivity contribution is 5.50. The van der Waals surface area contributed by atoms with Crippen molar-refractivity contribution >= 4 is 6.08 Å². The standard InChI is InChI=1S/C7H6N2O/c1-2-4-6-7(5-3-1)9-10-8-6/h1-4H,5H2. The molecule has 0 bridgehead atoms. The molecule has 1 aliphatic rings. The molecule has 1 aromatic rings. The molecule has 50 valence electrons. The first-order chi connectivity index (χ1) is 4.97. The van der Waals surface area contributed by atoms with E-state index in [1.807, 2.05) is 24.3 Å². The van der Waals surface area contributed by atoms with Crippen LogP contribution in [0.3, 0.4) is 0 Å². The molecule has 0 amide bonds. The molecule has 0 unspecified atom stereocenters. The van der Waals surface area contributed by atoms with Crippen LogP contribution in [0.15, 0.2) is 22.9 Å². The fourth-order valence-corrected chi connectivity index (χ4v) is 0.887. The number of rotatable bonds is 0. The molecule has 0 atom stereocenters. The first-order valence-electron chi connectivity index (χ1n) is 3.11. The fourth-order valence-electron chi connectivity index (χ4n) is 0.887. The van der Waals surface area contributed by atoms with Gasteiger partial charge in [0.25, 0.3) is 0 Å². The summed E-state index contributed by atoms with van der Waals surface area (Å²) in [6.07, 6.45) is 8.62. The molecule has 0 fully saturated rings. The summed E-state index contributed by atoms with van der Waals surface area (Å²) < 4.78 is 4.54. The summed E-state index contributed by atoms with van der Waals surface area (Å²) in [5.74, 6) is 0. The van der Waals surface area contributed by atoms with Crippen molar-refractivity contribution in [2.45, 2.75) is 6.42 Å². The van der Waals surface area contributed by atoms with Crippen LogP contribution in [0.5, 0.6) is 0 Å². The maximum Gasteiger partial charge on any atom is 0.131 e. The maximum absolute atomic E-state index is 4.54. The minimum absolute atomic E-state index is 0.811. The lowest BCUT2D eigenvalue weighted by molar-refractivity contribution is 0.303. The van der Waals surface area contributed by atoms with Gasteiger partial charge in [-0.15, -0.1) is 0 Å². The van der Waals surface area contributed by atoms with Gasteiger partial charge in [-0.3, -0.25) is 0 Å². The van der Waals surface area contributed by atoms with Crippen LogP contribution in [0.2, 0.25) is 0 Å². The van der Waals surface area contributed by atoms with Crippen LogP contribution in [-0.2, 0) is 6.42 Å². The Morgan fingerprint density at radius 1 is 1.30 bits per heavy atom. The lowest BCUT2D eigenvalue weighted by Crippen LogP contribution is -1.82. The van der Waals surface area contributed by atoms with E-state index in [1.54, 1.807) is 0 Å². The van der Waals surface area contributed by atoms with Crippen molar-refractivity contribution in [3.05, 3.63) is 29.6 Å². The van der Waals surface area contributed by atoms with Crippen LogP contribution in [0.4, 0.5) is 0 Å². The topological polar surface area (TPSA) is 38.9 Å². The molecule has 0 radical (unpaired) electrons. The predicted molar refractivity (Wildman–Crippen MR) is 36.2 cm³/mol. The molecule has 1 heterocycles.